The number of alkyl halides is 3. The molecule has 2 amide bonds. The molecule has 1 N–H and O–H groups in total. The lowest BCUT2D eigenvalue weighted by atomic mass is 9.81. The zero-order valence-corrected chi connectivity index (χ0v) is 21.9. The summed E-state index contributed by atoms with van der Waals surface area (Å²) in [5, 5.41) is 18.9. The molecule has 0 aliphatic carbocycles. The Labute approximate surface area is 232 Å². The van der Waals surface area contributed by atoms with E-state index in [2.05, 4.69) is 5.32 Å². The molecule has 0 spiro atoms. The van der Waals surface area contributed by atoms with Crippen LogP contribution in [0.1, 0.15) is 45.6 Å². The number of non-ortho nitro benzene ring substituents is 1. The third-order valence-electron chi connectivity index (χ3n) is 7.01. The van der Waals surface area contributed by atoms with Crippen molar-refractivity contribution < 1.29 is 27.7 Å². The van der Waals surface area contributed by atoms with E-state index in [4.69, 9.17) is 5.10 Å². The maximum Gasteiger partial charge on any atom is 0.416 e. The predicted molar refractivity (Wildman–Crippen MR) is 144 cm³/mol. The summed E-state index contributed by atoms with van der Waals surface area (Å²) in [5.74, 6) is -1.90. The molecule has 4 aromatic rings. The largest absolute Gasteiger partial charge is 0.416 e. The Morgan fingerprint density at radius 1 is 1.05 bits per heavy atom. The van der Waals surface area contributed by atoms with E-state index >= 15 is 0 Å². The van der Waals surface area contributed by atoms with Gasteiger partial charge in [0.2, 0.25) is 0 Å². The molecule has 3 aromatic carbocycles. The van der Waals surface area contributed by atoms with Crippen molar-refractivity contribution in [2.45, 2.75) is 32.0 Å². The highest BCUT2D eigenvalue weighted by Crippen LogP contribution is 2.44. The van der Waals surface area contributed by atoms with Gasteiger partial charge in [0.15, 0.2) is 0 Å². The van der Waals surface area contributed by atoms with Gasteiger partial charge >= 0.3 is 6.18 Å². The summed E-state index contributed by atoms with van der Waals surface area (Å²) in [6.45, 7) is 3.68. The molecule has 0 unspecified atom stereocenters. The molecule has 5 rings (SSSR count). The predicted octanol–water partition coefficient (Wildman–Crippen LogP) is 5.40. The molecular weight excluding hydrogens is 539 g/mol. The number of carbonyl (C=O) groups is 2. The first kappa shape index (κ1) is 27.6. The van der Waals surface area contributed by atoms with Crippen LogP contribution < -0.4 is 10.2 Å². The number of hydrogen-bond acceptors (Lipinski definition) is 5. The lowest BCUT2D eigenvalue weighted by molar-refractivity contribution is -0.384. The van der Waals surface area contributed by atoms with Crippen molar-refractivity contribution in [3.05, 3.63) is 117 Å². The number of anilines is 1. The van der Waals surface area contributed by atoms with Gasteiger partial charge in [0.1, 0.15) is 11.9 Å². The molecule has 0 saturated heterocycles. The Morgan fingerprint density at radius 2 is 1.76 bits per heavy atom. The number of fused-ring (bicyclic) bond motifs is 1. The summed E-state index contributed by atoms with van der Waals surface area (Å²) in [4.78, 5) is 39.9. The van der Waals surface area contributed by atoms with E-state index in [1.807, 2.05) is 30.3 Å². The molecule has 0 radical (unpaired) electrons. The number of carbonyl (C=O) groups excluding carboxylic acids is 2. The zero-order valence-electron chi connectivity index (χ0n) is 21.9. The van der Waals surface area contributed by atoms with E-state index in [1.54, 1.807) is 24.6 Å². The molecule has 210 valence electrons. The second-order valence-corrected chi connectivity index (χ2v) is 9.51. The summed E-state index contributed by atoms with van der Waals surface area (Å²) in [6, 6.07) is 17.4. The summed E-state index contributed by atoms with van der Waals surface area (Å²) < 4.78 is 41.6. The van der Waals surface area contributed by atoms with Crippen molar-refractivity contribution in [3.63, 3.8) is 0 Å². The van der Waals surface area contributed by atoms with Crippen molar-refractivity contribution in [3.8, 4) is 5.69 Å². The fraction of sp³-hybridized carbons (Fsp3) is 0.207. The number of hydrogen-bond donors (Lipinski definition) is 1. The smallest absolute Gasteiger partial charge is 0.339 e. The van der Waals surface area contributed by atoms with Crippen LogP contribution in [0, 0.1) is 17.0 Å². The third-order valence-corrected chi connectivity index (χ3v) is 7.01. The highest BCUT2D eigenvalue weighted by molar-refractivity contribution is 6.05. The quantitative estimate of drug-likeness (QED) is 0.249. The molecule has 12 heteroatoms. The Hall–Kier alpha value is -5.00. The average molecular weight is 564 g/mol. The topological polar surface area (TPSA) is 110 Å². The maximum absolute atomic E-state index is 14.1. The second kappa shape index (κ2) is 10.5. The first-order valence-corrected chi connectivity index (χ1v) is 12.7. The first-order chi connectivity index (χ1) is 19.5. The van der Waals surface area contributed by atoms with Crippen LogP contribution in [0.4, 0.5) is 24.7 Å². The summed E-state index contributed by atoms with van der Waals surface area (Å²) >= 11 is 0. The molecule has 1 aromatic heterocycles. The fourth-order valence-corrected chi connectivity index (χ4v) is 5.18. The van der Waals surface area contributed by atoms with E-state index in [9.17, 15) is 32.9 Å². The van der Waals surface area contributed by atoms with E-state index in [1.165, 1.54) is 29.2 Å². The second-order valence-electron chi connectivity index (χ2n) is 9.51. The van der Waals surface area contributed by atoms with Crippen LogP contribution in [0.3, 0.4) is 0 Å². The Balaban J connectivity index is 1.68. The molecule has 0 bridgehead atoms. The van der Waals surface area contributed by atoms with E-state index in [-0.39, 0.29) is 17.8 Å². The monoisotopic (exact) mass is 563 g/mol. The number of aromatic nitrogens is 2. The van der Waals surface area contributed by atoms with Crippen LogP contribution in [-0.4, -0.2) is 39.1 Å². The van der Waals surface area contributed by atoms with Gasteiger partial charge in [-0.2, -0.15) is 18.3 Å². The van der Waals surface area contributed by atoms with Gasteiger partial charge in [-0.1, -0.05) is 36.4 Å². The summed E-state index contributed by atoms with van der Waals surface area (Å²) in [6.07, 6.45) is -4.67. The van der Waals surface area contributed by atoms with Crippen LogP contribution in [0.15, 0.2) is 78.9 Å². The van der Waals surface area contributed by atoms with Crippen LogP contribution in [-0.2, 0) is 11.0 Å². The number of nitro benzene ring substituents is 1. The standard InChI is InChI=1S/C29H24F3N5O4/c1-3-35-27-23(17(2)34-36(27)21-12-5-4-6-13-21)24(18-9-8-14-22(16-18)37(40)41)25(28(35)39)33-26(38)19-10-7-11-20(15-19)29(30,31)32/h4-16,24-25H,3H2,1-2H3,(H,33,38)/t24-,25+/m0/s1. The number of benzene rings is 3. The number of nitrogens with zero attached hydrogens (tertiary/aromatic N) is 4. The molecule has 0 fully saturated rings. The molecule has 9 nitrogen and oxygen atoms in total. The average Bonchev–Trinajstić information content (AvgIpc) is 3.30. The summed E-state index contributed by atoms with van der Waals surface area (Å²) in [7, 11) is 0. The lowest BCUT2D eigenvalue weighted by Crippen LogP contribution is -2.55. The molecule has 1 aliphatic heterocycles. The number of para-hydroxylation sites is 1. The molecule has 41 heavy (non-hydrogen) atoms. The van der Waals surface area contributed by atoms with Gasteiger partial charge in [0.25, 0.3) is 17.5 Å². The van der Waals surface area contributed by atoms with Crippen molar-refractivity contribution in [2.24, 2.45) is 0 Å². The van der Waals surface area contributed by atoms with Crippen molar-refractivity contribution >= 4 is 23.3 Å². The Kier molecular flexibility index (Phi) is 7.08. The number of halogens is 3. The minimum Gasteiger partial charge on any atom is -0.339 e. The van der Waals surface area contributed by atoms with Gasteiger partial charge in [-0.15, -0.1) is 0 Å². The molecule has 0 saturated carbocycles. The fourth-order valence-electron chi connectivity index (χ4n) is 5.18. The van der Waals surface area contributed by atoms with Crippen molar-refractivity contribution in [2.75, 3.05) is 11.4 Å². The zero-order chi connectivity index (χ0) is 29.5. The summed E-state index contributed by atoms with van der Waals surface area (Å²) in [5.41, 5.74) is 0.617. The number of nitrogens with one attached hydrogen (secondary N) is 1. The SMILES string of the molecule is CCN1C(=O)[C@H](NC(=O)c2cccc(C(F)(F)F)c2)[C@@H](c2cccc([N+](=O)[O-])c2)c2c(C)nn(-c3ccccc3)c21. The molecule has 2 heterocycles. The molecular formula is C29H24F3N5O4. The maximum atomic E-state index is 14.1. The van der Waals surface area contributed by atoms with E-state index in [0.29, 0.717) is 34.4 Å². The highest BCUT2D eigenvalue weighted by atomic mass is 19.4. The van der Waals surface area contributed by atoms with Gasteiger partial charge in [0.05, 0.1) is 21.9 Å². The van der Waals surface area contributed by atoms with Gasteiger partial charge in [0, 0.05) is 35.7 Å². The van der Waals surface area contributed by atoms with Crippen LogP contribution in [0.25, 0.3) is 5.69 Å². The Morgan fingerprint density at radius 3 is 2.41 bits per heavy atom. The Bertz CT molecular complexity index is 1650. The van der Waals surface area contributed by atoms with Crippen LogP contribution in [0.2, 0.25) is 0 Å². The molecule has 1 aliphatic rings. The van der Waals surface area contributed by atoms with Crippen molar-refractivity contribution in [1.82, 2.24) is 15.1 Å². The van der Waals surface area contributed by atoms with Gasteiger partial charge in [-0.25, -0.2) is 4.68 Å². The minimum atomic E-state index is -4.67. The highest BCUT2D eigenvalue weighted by Gasteiger charge is 2.46. The van der Waals surface area contributed by atoms with Gasteiger partial charge in [-0.05, 0) is 49.7 Å². The molecule has 2 atom stereocenters. The van der Waals surface area contributed by atoms with E-state index in [0.717, 1.165) is 12.1 Å². The van der Waals surface area contributed by atoms with Gasteiger partial charge < -0.3 is 5.32 Å². The normalized spacial score (nSPS) is 16.8. The minimum absolute atomic E-state index is 0.196. The number of nitro groups is 1. The van der Waals surface area contributed by atoms with Crippen LogP contribution >= 0.6 is 0 Å². The lowest BCUT2D eigenvalue weighted by Gasteiger charge is -2.38. The van der Waals surface area contributed by atoms with Crippen LogP contribution in [0.5, 0.6) is 0 Å². The number of amides is 2. The number of rotatable bonds is 6. The number of likely N-dealkylation sites (N-methyl/N-ethyl adjacent to an activating group) is 1. The number of aryl methyl sites for hydroxylation is 1. The van der Waals surface area contributed by atoms with Crippen molar-refractivity contribution in [1.29, 1.82) is 0 Å². The van der Waals surface area contributed by atoms with Gasteiger partial charge in [-0.3, -0.25) is 24.6 Å². The first-order valence-electron chi connectivity index (χ1n) is 12.7. The third kappa shape index (κ3) is 5.04. The van der Waals surface area contributed by atoms with E-state index < -0.39 is 40.4 Å².